The monoisotopic (exact) mass is 250 g/mol. The molecule has 0 aliphatic carbocycles. The second kappa shape index (κ2) is 4.28. The summed E-state index contributed by atoms with van der Waals surface area (Å²) in [6, 6.07) is 2.00. The lowest BCUT2D eigenvalue weighted by atomic mass is 9.97. The zero-order valence-electron chi connectivity index (χ0n) is 10.6. The third-order valence-corrected chi connectivity index (χ3v) is 3.71. The Bertz CT molecular complexity index is 459. The zero-order chi connectivity index (χ0) is 12.6. The SMILES string of the molecule is CCNC(=O)N1CCC2(C1)OCCn1nccc12. The van der Waals surface area contributed by atoms with Gasteiger partial charge in [0.05, 0.1) is 25.4 Å². The molecule has 2 aliphatic rings. The van der Waals surface area contributed by atoms with E-state index in [1.807, 2.05) is 22.6 Å². The summed E-state index contributed by atoms with van der Waals surface area (Å²) in [5.74, 6) is 0. The molecule has 1 aromatic heterocycles. The lowest BCUT2D eigenvalue weighted by Gasteiger charge is -2.34. The first-order chi connectivity index (χ1) is 8.75. The van der Waals surface area contributed by atoms with Crippen molar-refractivity contribution in [3.05, 3.63) is 18.0 Å². The second-order valence-electron chi connectivity index (χ2n) is 4.79. The van der Waals surface area contributed by atoms with Crippen molar-refractivity contribution in [1.82, 2.24) is 20.0 Å². The zero-order valence-corrected chi connectivity index (χ0v) is 10.6. The second-order valence-corrected chi connectivity index (χ2v) is 4.79. The van der Waals surface area contributed by atoms with Gasteiger partial charge in [-0.25, -0.2) is 4.79 Å². The molecule has 0 saturated carbocycles. The van der Waals surface area contributed by atoms with E-state index in [4.69, 9.17) is 4.74 Å². The van der Waals surface area contributed by atoms with Crippen LogP contribution in [-0.4, -0.2) is 47.0 Å². The number of carbonyl (C=O) groups excluding carboxylic acids is 1. The molecule has 1 N–H and O–H groups in total. The molecule has 0 aromatic carbocycles. The Kier molecular flexibility index (Phi) is 2.74. The van der Waals surface area contributed by atoms with Gasteiger partial charge in [-0.3, -0.25) is 4.68 Å². The Labute approximate surface area is 106 Å². The lowest BCUT2D eigenvalue weighted by molar-refractivity contribution is -0.0701. The van der Waals surface area contributed by atoms with Gasteiger partial charge in [0, 0.05) is 25.7 Å². The van der Waals surface area contributed by atoms with Crippen LogP contribution >= 0.6 is 0 Å². The van der Waals surface area contributed by atoms with Gasteiger partial charge in [-0.15, -0.1) is 0 Å². The van der Waals surface area contributed by atoms with E-state index >= 15 is 0 Å². The molecule has 1 aromatic rings. The number of carbonyl (C=O) groups is 1. The van der Waals surface area contributed by atoms with Gasteiger partial charge in [0.15, 0.2) is 0 Å². The van der Waals surface area contributed by atoms with Crippen molar-refractivity contribution < 1.29 is 9.53 Å². The molecule has 1 atom stereocenters. The number of nitrogens with one attached hydrogen (secondary N) is 1. The average Bonchev–Trinajstić information content (AvgIpc) is 2.98. The number of aromatic nitrogens is 2. The normalized spacial score (nSPS) is 26.4. The minimum absolute atomic E-state index is 0.00499. The number of likely N-dealkylation sites (tertiary alicyclic amines) is 1. The largest absolute Gasteiger partial charge is 0.365 e. The van der Waals surface area contributed by atoms with Crippen LogP contribution in [0.25, 0.3) is 0 Å². The first-order valence-electron chi connectivity index (χ1n) is 6.44. The van der Waals surface area contributed by atoms with E-state index in [1.165, 1.54) is 0 Å². The highest BCUT2D eigenvalue weighted by Gasteiger charge is 2.46. The first-order valence-corrected chi connectivity index (χ1v) is 6.44. The molecule has 0 radical (unpaired) electrons. The molecule has 1 spiro atoms. The Morgan fingerprint density at radius 2 is 2.50 bits per heavy atom. The van der Waals surface area contributed by atoms with Crippen LogP contribution in [0, 0.1) is 0 Å². The van der Waals surface area contributed by atoms with Gasteiger partial charge in [-0.05, 0) is 13.0 Å². The van der Waals surface area contributed by atoms with Crippen LogP contribution in [-0.2, 0) is 16.9 Å². The van der Waals surface area contributed by atoms with Gasteiger partial charge in [0.1, 0.15) is 5.60 Å². The molecular formula is C12H18N4O2. The summed E-state index contributed by atoms with van der Waals surface area (Å²) < 4.78 is 7.98. The Hall–Kier alpha value is -1.56. The first kappa shape index (κ1) is 11.5. The minimum Gasteiger partial charge on any atom is -0.365 e. The summed E-state index contributed by atoms with van der Waals surface area (Å²) >= 11 is 0. The van der Waals surface area contributed by atoms with Crippen LogP contribution in [0.2, 0.25) is 0 Å². The highest BCUT2D eigenvalue weighted by atomic mass is 16.5. The van der Waals surface area contributed by atoms with Gasteiger partial charge in [0.2, 0.25) is 0 Å². The van der Waals surface area contributed by atoms with Crippen LogP contribution in [0.4, 0.5) is 4.79 Å². The summed E-state index contributed by atoms with van der Waals surface area (Å²) in [5.41, 5.74) is 0.750. The van der Waals surface area contributed by atoms with Crippen LogP contribution in [0.1, 0.15) is 19.0 Å². The minimum atomic E-state index is -0.347. The van der Waals surface area contributed by atoms with Crippen LogP contribution in [0.15, 0.2) is 12.3 Å². The van der Waals surface area contributed by atoms with Gasteiger partial charge in [0.25, 0.3) is 0 Å². The number of ether oxygens (including phenoxy) is 1. The maximum Gasteiger partial charge on any atom is 0.317 e. The predicted octanol–water partition coefficient (Wildman–Crippen LogP) is 0.544. The topological polar surface area (TPSA) is 59.4 Å². The molecule has 0 bridgehead atoms. The fraction of sp³-hybridized carbons (Fsp3) is 0.667. The van der Waals surface area contributed by atoms with E-state index in [0.29, 0.717) is 19.7 Å². The van der Waals surface area contributed by atoms with Crippen molar-refractivity contribution in [3.63, 3.8) is 0 Å². The van der Waals surface area contributed by atoms with E-state index in [9.17, 15) is 4.79 Å². The van der Waals surface area contributed by atoms with Gasteiger partial charge < -0.3 is 15.0 Å². The molecule has 6 heteroatoms. The maximum absolute atomic E-state index is 11.9. The molecule has 18 heavy (non-hydrogen) atoms. The van der Waals surface area contributed by atoms with Crippen LogP contribution in [0.5, 0.6) is 0 Å². The van der Waals surface area contributed by atoms with Gasteiger partial charge in [-0.1, -0.05) is 0 Å². The predicted molar refractivity (Wildman–Crippen MR) is 65.1 cm³/mol. The highest BCUT2D eigenvalue weighted by molar-refractivity contribution is 5.74. The molecular weight excluding hydrogens is 232 g/mol. The van der Waals surface area contributed by atoms with Crippen molar-refractivity contribution in [2.24, 2.45) is 0 Å². The fourth-order valence-corrected chi connectivity index (χ4v) is 2.84. The van der Waals surface area contributed by atoms with E-state index in [1.54, 1.807) is 6.20 Å². The van der Waals surface area contributed by atoms with Crippen molar-refractivity contribution >= 4 is 6.03 Å². The van der Waals surface area contributed by atoms with Crippen molar-refractivity contribution in [3.8, 4) is 0 Å². The van der Waals surface area contributed by atoms with E-state index < -0.39 is 0 Å². The molecule has 1 unspecified atom stereocenters. The molecule has 3 rings (SSSR count). The summed E-state index contributed by atoms with van der Waals surface area (Å²) in [5, 5.41) is 7.14. The third-order valence-electron chi connectivity index (χ3n) is 3.71. The summed E-state index contributed by atoms with van der Waals surface area (Å²) in [6.07, 6.45) is 2.65. The number of amides is 2. The number of hydrogen-bond donors (Lipinski definition) is 1. The van der Waals surface area contributed by atoms with E-state index in [2.05, 4.69) is 10.4 Å². The average molecular weight is 250 g/mol. The van der Waals surface area contributed by atoms with Crippen LogP contribution in [0.3, 0.4) is 0 Å². The quantitative estimate of drug-likeness (QED) is 0.791. The molecule has 6 nitrogen and oxygen atoms in total. The summed E-state index contributed by atoms with van der Waals surface area (Å²) in [6.45, 7) is 5.39. The van der Waals surface area contributed by atoms with Gasteiger partial charge >= 0.3 is 6.03 Å². The standard InChI is InChI=1S/C12H18N4O2/c1-2-13-11(17)15-6-4-12(9-15)10-3-5-14-16(10)7-8-18-12/h3,5H,2,4,6-9H2,1H3,(H,13,17). The molecule has 1 saturated heterocycles. The van der Waals surface area contributed by atoms with Crippen molar-refractivity contribution in [2.45, 2.75) is 25.5 Å². The molecule has 2 aliphatic heterocycles. The molecule has 98 valence electrons. The van der Waals surface area contributed by atoms with E-state index in [0.717, 1.165) is 25.2 Å². The highest BCUT2D eigenvalue weighted by Crippen LogP contribution is 2.37. The molecule has 2 amide bonds. The number of urea groups is 1. The molecule has 1 fully saturated rings. The Morgan fingerprint density at radius 3 is 3.33 bits per heavy atom. The lowest BCUT2D eigenvalue weighted by Crippen LogP contribution is -2.44. The summed E-state index contributed by atoms with van der Waals surface area (Å²) in [7, 11) is 0. The smallest absolute Gasteiger partial charge is 0.317 e. The number of fused-ring (bicyclic) bond motifs is 2. The maximum atomic E-state index is 11.9. The fourth-order valence-electron chi connectivity index (χ4n) is 2.84. The number of rotatable bonds is 1. The van der Waals surface area contributed by atoms with E-state index in [-0.39, 0.29) is 11.6 Å². The summed E-state index contributed by atoms with van der Waals surface area (Å²) in [4.78, 5) is 13.7. The number of hydrogen-bond acceptors (Lipinski definition) is 3. The number of nitrogens with zero attached hydrogens (tertiary/aromatic N) is 3. The van der Waals surface area contributed by atoms with Crippen molar-refractivity contribution in [2.75, 3.05) is 26.2 Å². The Morgan fingerprint density at radius 1 is 1.61 bits per heavy atom. The Balaban J connectivity index is 1.81. The van der Waals surface area contributed by atoms with Crippen molar-refractivity contribution in [1.29, 1.82) is 0 Å². The van der Waals surface area contributed by atoms with Crippen LogP contribution < -0.4 is 5.32 Å². The third kappa shape index (κ3) is 1.68. The molecule has 3 heterocycles. The van der Waals surface area contributed by atoms with Gasteiger partial charge in [-0.2, -0.15) is 5.10 Å².